The number of aromatic carboxylic acids is 1. The molecule has 13 heavy (non-hydrogen) atoms. The van der Waals surface area contributed by atoms with Gasteiger partial charge in [-0.3, -0.25) is 0 Å². The van der Waals surface area contributed by atoms with Gasteiger partial charge >= 0.3 is 5.97 Å². The number of fused-ring (bicyclic) bond motifs is 1. The van der Waals surface area contributed by atoms with Crippen LogP contribution in [0.2, 0.25) is 0 Å². The fourth-order valence-electron chi connectivity index (χ4n) is 1.34. The molecule has 1 unspecified atom stereocenters. The van der Waals surface area contributed by atoms with Crippen LogP contribution in [0.15, 0.2) is 6.07 Å². The Morgan fingerprint density at radius 3 is 3.15 bits per heavy atom. The molecule has 0 spiro atoms. The van der Waals surface area contributed by atoms with Gasteiger partial charge in [-0.05, 0) is 11.6 Å². The molecule has 0 amide bonds. The molecule has 4 nitrogen and oxygen atoms in total. The summed E-state index contributed by atoms with van der Waals surface area (Å²) in [5.41, 5.74) is 6.67. The molecule has 0 saturated carbocycles. The molecular formula is C8H9NO3S. The van der Waals surface area contributed by atoms with Gasteiger partial charge in [-0.15, -0.1) is 11.3 Å². The summed E-state index contributed by atoms with van der Waals surface area (Å²) in [4.78, 5) is 11.9. The van der Waals surface area contributed by atoms with Gasteiger partial charge in [0.25, 0.3) is 0 Å². The summed E-state index contributed by atoms with van der Waals surface area (Å²) < 4.78 is 5.19. The van der Waals surface area contributed by atoms with Crippen molar-refractivity contribution in [3.8, 4) is 0 Å². The Labute approximate surface area is 78.9 Å². The summed E-state index contributed by atoms with van der Waals surface area (Å²) in [6.07, 6.45) is 0. The summed E-state index contributed by atoms with van der Waals surface area (Å²) in [5, 5.41) is 8.75. The van der Waals surface area contributed by atoms with Gasteiger partial charge in [0, 0.05) is 4.88 Å². The summed E-state index contributed by atoms with van der Waals surface area (Å²) in [7, 11) is 0. The van der Waals surface area contributed by atoms with Crippen LogP contribution >= 0.6 is 11.3 Å². The van der Waals surface area contributed by atoms with Gasteiger partial charge in [-0.25, -0.2) is 4.79 Å². The highest BCUT2D eigenvalue weighted by Gasteiger charge is 2.22. The highest BCUT2D eigenvalue weighted by Crippen LogP contribution is 2.30. The maximum atomic E-state index is 10.7. The van der Waals surface area contributed by atoms with Gasteiger partial charge in [0.1, 0.15) is 4.88 Å². The lowest BCUT2D eigenvalue weighted by Gasteiger charge is -2.18. The number of carboxylic acids is 1. The molecule has 1 aromatic heterocycles. The zero-order valence-electron chi connectivity index (χ0n) is 6.82. The predicted octanol–water partition coefficient (Wildman–Crippen LogP) is 0.976. The van der Waals surface area contributed by atoms with Crippen LogP contribution in [0.1, 0.15) is 26.2 Å². The van der Waals surface area contributed by atoms with Crippen molar-refractivity contribution < 1.29 is 14.6 Å². The first-order valence-corrected chi connectivity index (χ1v) is 4.69. The number of carbonyl (C=O) groups is 1. The molecule has 1 aliphatic rings. The smallest absolute Gasteiger partial charge is 0.345 e. The molecule has 1 atom stereocenters. The van der Waals surface area contributed by atoms with Crippen LogP contribution in [-0.4, -0.2) is 17.7 Å². The molecule has 2 heterocycles. The molecule has 1 aromatic rings. The van der Waals surface area contributed by atoms with Gasteiger partial charge in [0.2, 0.25) is 0 Å². The molecule has 2 rings (SSSR count). The van der Waals surface area contributed by atoms with Crippen LogP contribution in [0.5, 0.6) is 0 Å². The van der Waals surface area contributed by atoms with E-state index in [0.717, 1.165) is 10.4 Å². The van der Waals surface area contributed by atoms with Gasteiger partial charge in [-0.1, -0.05) is 0 Å². The minimum Gasteiger partial charge on any atom is -0.477 e. The Bertz CT molecular complexity index is 347. The molecule has 0 radical (unpaired) electrons. The SMILES string of the molecule is NC1COCc2sc(C(=O)O)cc21. The molecule has 0 fully saturated rings. The third-order valence-corrected chi connectivity index (χ3v) is 3.09. The van der Waals surface area contributed by atoms with E-state index < -0.39 is 5.97 Å². The van der Waals surface area contributed by atoms with Gasteiger partial charge in [0.05, 0.1) is 19.3 Å². The molecule has 5 heteroatoms. The van der Waals surface area contributed by atoms with E-state index in [1.165, 1.54) is 11.3 Å². The van der Waals surface area contributed by atoms with Crippen LogP contribution in [0.25, 0.3) is 0 Å². The number of rotatable bonds is 1. The van der Waals surface area contributed by atoms with Crippen LogP contribution in [0, 0.1) is 0 Å². The number of hydrogen-bond donors (Lipinski definition) is 2. The Balaban J connectivity index is 2.42. The lowest BCUT2D eigenvalue weighted by atomic mass is 10.1. The van der Waals surface area contributed by atoms with Gasteiger partial charge < -0.3 is 15.6 Å². The molecule has 0 bridgehead atoms. The number of carboxylic acid groups (broad SMARTS) is 1. The van der Waals surface area contributed by atoms with Crippen molar-refractivity contribution in [1.82, 2.24) is 0 Å². The van der Waals surface area contributed by atoms with Crippen LogP contribution in [-0.2, 0) is 11.3 Å². The Morgan fingerprint density at radius 1 is 1.77 bits per heavy atom. The van der Waals surface area contributed by atoms with Crippen LogP contribution in [0.3, 0.4) is 0 Å². The number of ether oxygens (including phenoxy) is 1. The minimum atomic E-state index is -0.897. The average molecular weight is 199 g/mol. The van der Waals surface area contributed by atoms with Gasteiger partial charge in [-0.2, -0.15) is 0 Å². The van der Waals surface area contributed by atoms with E-state index in [4.69, 9.17) is 15.6 Å². The van der Waals surface area contributed by atoms with Crippen molar-refractivity contribution >= 4 is 17.3 Å². The lowest BCUT2D eigenvalue weighted by molar-refractivity contribution is 0.0702. The largest absolute Gasteiger partial charge is 0.477 e. The van der Waals surface area contributed by atoms with Crippen molar-refractivity contribution in [1.29, 1.82) is 0 Å². The zero-order chi connectivity index (χ0) is 9.42. The zero-order valence-corrected chi connectivity index (χ0v) is 7.63. The minimum absolute atomic E-state index is 0.173. The molecule has 0 aliphatic carbocycles. The maximum absolute atomic E-state index is 10.7. The van der Waals surface area contributed by atoms with Gasteiger partial charge in [0.15, 0.2) is 0 Å². The molecule has 3 N–H and O–H groups in total. The summed E-state index contributed by atoms with van der Waals surface area (Å²) >= 11 is 1.24. The highest BCUT2D eigenvalue weighted by atomic mass is 32.1. The standard InChI is InChI=1S/C8H9NO3S/c9-5-2-12-3-7-4(5)1-6(13-7)8(10)11/h1,5H,2-3,9H2,(H,10,11). The molecule has 0 aromatic carbocycles. The van der Waals surface area contributed by atoms with Crippen molar-refractivity contribution in [2.24, 2.45) is 5.73 Å². The fraction of sp³-hybridized carbons (Fsp3) is 0.375. The first-order chi connectivity index (χ1) is 6.18. The summed E-state index contributed by atoms with van der Waals surface area (Å²) in [6.45, 7) is 0.962. The average Bonchev–Trinajstić information content (AvgIpc) is 2.49. The van der Waals surface area contributed by atoms with Crippen molar-refractivity contribution in [2.75, 3.05) is 6.61 Å². The summed E-state index contributed by atoms with van der Waals surface area (Å²) in [6, 6.07) is 1.48. The molecular weight excluding hydrogens is 190 g/mol. The first kappa shape index (κ1) is 8.68. The quantitative estimate of drug-likeness (QED) is 0.707. The first-order valence-electron chi connectivity index (χ1n) is 3.87. The van der Waals surface area contributed by atoms with E-state index in [-0.39, 0.29) is 6.04 Å². The molecule has 1 aliphatic heterocycles. The normalized spacial score (nSPS) is 21.2. The van der Waals surface area contributed by atoms with E-state index in [1.807, 2.05) is 0 Å². The number of hydrogen-bond acceptors (Lipinski definition) is 4. The number of thiophene rings is 1. The second-order valence-corrected chi connectivity index (χ2v) is 4.05. The second kappa shape index (κ2) is 3.10. The van der Waals surface area contributed by atoms with Crippen molar-refractivity contribution in [2.45, 2.75) is 12.6 Å². The van der Waals surface area contributed by atoms with Crippen molar-refractivity contribution in [3.05, 3.63) is 21.4 Å². The summed E-state index contributed by atoms with van der Waals surface area (Å²) in [5.74, 6) is -0.897. The van der Waals surface area contributed by atoms with E-state index in [2.05, 4.69) is 0 Å². The third kappa shape index (κ3) is 1.46. The third-order valence-electron chi connectivity index (χ3n) is 1.98. The topological polar surface area (TPSA) is 72.5 Å². The Hall–Kier alpha value is -0.910. The lowest BCUT2D eigenvalue weighted by Crippen LogP contribution is -2.21. The van der Waals surface area contributed by atoms with Crippen LogP contribution < -0.4 is 5.73 Å². The predicted molar refractivity (Wildman–Crippen MR) is 47.9 cm³/mol. The monoisotopic (exact) mass is 199 g/mol. The van der Waals surface area contributed by atoms with Crippen LogP contribution in [0.4, 0.5) is 0 Å². The Kier molecular flexibility index (Phi) is 2.07. The van der Waals surface area contributed by atoms with E-state index in [9.17, 15) is 4.79 Å². The fourth-order valence-corrected chi connectivity index (χ4v) is 2.35. The second-order valence-electron chi connectivity index (χ2n) is 2.92. The van der Waals surface area contributed by atoms with E-state index in [1.54, 1.807) is 6.07 Å². The van der Waals surface area contributed by atoms with E-state index in [0.29, 0.717) is 18.1 Å². The highest BCUT2D eigenvalue weighted by molar-refractivity contribution is 7.14. The van der Waals surface area contributed by atoms with E-state index >= 15 is 0 Å². The number of nitrogens with two attached hydrogens (primary N) is 1. The Morgan fingerprint density at radius 2 is 2.54 bits per heavy atom. The van der Waals surface area contributed by atoms with Crippen molar-refractivity contribution in [3.63, 3.8) is 0 Å². The maximum Gasteiger partial charge on any atom is 0.345 e. The molecule has 0 saturated heterocycles. The molecule has 70 valence electrons.